The second-order valence-electron chi connectivity index (χ2n) is 5.67. The molecular weight excluding hydrogens is 376 g/mol. The summed E-state index contributed by atoms with van der Waals surface area (Å²) >= 11 is 3.12. The van der Waals surface area contributed by atoms with Crippen LogP contribution in [0.4, 0.5) is 0 Å². The van der Waals surface area contributed by atoms with Gasteiger partial charge in [0.2, 0.25) is 0 Å². The number of benzene rings is 1. The standard InChI is InChI=1S/C21H20N2O2S2/c1-3-9-25-18-8-7-15(12-19(18)24-4-2)11-16(13-22)21-23-17(14-27-21)20-6-5-10-26-20/h5-8,10-12,14H,3-4,9H2,1-2H3. The van der Waals surface area contributed by atoms with Crippen LogP contribution in [0.1, 0.15) is 30.8 Å². The van der Waals surface area contributed by atoms with E-state index in [4.69, 9.17) is 9.47 Å². The highest BCUT2D eigenvalue weighted by Crippen LogP contribution is 2.32. The quantitative estimate of drug-likeness (QED) is 0.430. The molecule has 138 valence electrons. The number of aromatic nitrogens is 1. The highest BCUT2D eigenvalue weighted by atomic mass is 32.1. The first-order valence-corrected chi connectivity index (χ1v) is 10.5. The van der Waals surface area contributed by atoms with Gasteiger partial charge in [0.05, 0.1) is 29.4 Å². The fourth-order valence-corrected chi connectivity index (χ4v) is 4.00. The predicted octanol–water partition coefficient (Wildman–Crippen LogP) is 6.12. The topological polar surface area (TPSA) is 55.1 Å². The summed E-state index contributed by atoms with van der Waals surface area (Å²) < 4.78 is 11.4. The van der Waals surface area contributed by atoms with E-state index in [0.29, 0.717) is 29.5 Å². The van der Waals surface area contributed by atoms with Crippen LogP contribution in [0, 0.1) is 11.3 Å². The van der Waals surface area contributed by atoms with E-state index in [0.717, 1.165) is 28.3 Å². The maximum atomic E-state index is 9.62. The van der Waals surface area contributed by atoms with Crippen molar-refractivity contribution in [3.63, 3.8) is 0 Å². The molecule has 0 amide bonds. The van der Waals surface area contributed by atoms with Crippen molar-refractivity contribution in [2.45, 2.75) is 20.3 Å². The summed E-state index contributed by atoms with van der Waals surface area (Å²) in [7, 11) is 0. The summed E-state index contributed by atoms with van der Waals surface area (Å²) in [5, 5.41) is 14.3. The van der Waals surface area contributed by atoms with Crippen molar-refractivity contribution in [1.29, 1.82) is 5.26 Å². The fourth-order valence-electron chi connectivity index (χ4n) is 2.46. The Bertz CT molecular complexity index is 953. The third-order valence-corrected chi connectivity index (χ3v) is 5.44. The van der Waals surface area contributed by atoms with Gasteiger partial charge in [0.15, 0.2) is 11.5 Å². The Hall–Kier alpha value is -2.62. The van der Waals surface area contributed by atoms with Gasteiger partial charge in [-0.25, -0.2) is 4.98 Å². The number of hydrogen-bond donors (Lipinski definition) is 0. The van der Waals surface area contributed by atoms with Crippen LogP contribution >= 0.6 is 22.7 Å². The number of hydrogen-bond acceptors (Lipinski definition) is 6. The van der Waals surface area contributed by atoms with Crippen molar-refractivity contribution in [3.8, 4) is 28.1 Å². The summed E-state index contributed by atoms with van der Waals surface area (Å²) in [6.07, 6.45) is 2.77. The molecule has 0 unspecified atom stereocenters. The third kappa shape index (κ3) is 4.76. The molecule has 1 aromatic carbocycles. The predicted molar refractivity (Wildman–Crippen MR) is 112 cm³/mol. The van der Waals surface area contributed by atoms with Crippen LogP contribution in [0.5, 0.6) is 11.5 Å². The molecule has 0 atom stereocenters. The zero-order valence-corrected chi connectivity index (χ0v) is 16.9. The Morgan fingerprint density at radius 1 is 1.19 bits per heavy atom. The van der Waals surface area contributed by atoms with Gasteiger partial charge < -0.3 is 9.47 Å². The van der Waals surface area contributed by atoms with Crippen molar-refractivity contribution < 1.29 is 9.47 Å². The number of rotatable bonds is 8. The zero-order valence-electron chi connectivity index (χ0n) is 15.3. The van der Waals surface area contributed by atoms with Gasteiger partial charge in [0.25, 0.3) is 0 Å². The second kappa shape index (κ2) is 9.36. The molecule has 27 heavy (non-hydrogen) atoms. The third-order valence-electron chi connectivity index (χ3n) is 3.67. The molecule has 2 heterocycles. The van der Waals surface area contributed by atoms with E-state index >= 15 is 0 Å². The Morgan fingerprint density at radius 3 is 2.78 bits per heavy atom. The van der Waals surface area contributed by atoms with E-state index in [1.54, 1.807) is 11.3 Å². The molecule has 0 aliphatic carbocycles. The largest absolute Gasteiger partial charge is 0.490 e. The van der Waals surface area contributed by atoms with Gasteiger partial charge in [-0.1, -0.05) is 19.1 Å². The number of nitrogens with zero attached hydrogens (tertiary/aromatic N) is 2. The lowest BCUT2D eigenvalue weighted by molar-refractivity contribution is 0.277. The highest BCUT2D eigenvalue weighted by molar-refractivity contribution is 7.14. The molecule has 3 aromatic rings. The van der Waals surface area contributed by atoms with Crippen LogP contribution in [0.2, 0.25) is 0 Å². The average Bonchev–Trinajstić information content (AvgIpc) is 3.37. The van der Waals surface area contributed by atoms with E-state index in [9.17, 15) is 5.26 Å². The van der Waals surface area contributed by atoms with E-state index in [2.05, 4.69) is 18.0 Å². The smallest absolute Gasteiger partial charge is 0.161 e. The normalized spacial score (nSPS) is 11.2. The van der Waals surface area contributed by atoms with Gasteiger partial charge in [-0.05, 0) is 48.6 Å². The van der Waals surface area contributed by atoms with Crippen molar-refractivity contribution in [1.82, 2.24) is 4.98 Å². The summed E-state index contributed by atoms with van der Waals surface area (Å²) in [4.78, 5) is 5.72. The lowest BCUT2D eigenvalue weighted by Gasteiger charge is -2.12. The molecule has 4 nitrogen and oxygen atoms in total. The Balaban J connectivity index is 1.89. The van der Waals surface area contributed by atoms with Gasteiger partial charge in [-0.2, -0.15) is 5.26 Å². The number of thiophene rings is 1. The lowest BCUT2D eigenvalue weighted by atomic mass is 10.1. The molecular formula is C21H20N2O2S2. The molecule has 0 aliphatic rings. The van der Waals surface area contributed by atoms with Crippen LogP contribution in [0.3, 0.4) is 0 Å². The fraction of sp³-hybridized carbons (Fsp3) is 0.238. The van der Waals surface area contributed by atoms with Crippen molar-refractivity contribution in [3.05, 3.63) is 51.7 Å². The minimum absolute atomic E-state index is 0.535. The Morgan fingerprint density at radius 2 is 2.07 bits per heavy atom. The first-order valence-electron chi connectivity index (χ1n) is 8.76. The number of allylic oxidation sites excluding steroid dienone is 1. The van der Waals surface area contributed by atoms with Crippen LogP contribution in [0.15, 0.2) is 41.1 Å². The maximum absolute atomic E-state index is 9.62. The molecule has 3 rings (SSSR count). The zero-order chi connectivity index (χ0) is 19.1. The Labute approximate surface area is 167 Å². The second-order valence-corrected chi connectivity index (χ2v) is 7.48. The van der Waals surface area contributed by atoms with E-state index in [1.165, 1.54) is 11.3 Å². The molecule has 6 heteroatoms. The summed E-state index contributed by atoms with van der Waals surface area (Å²) in [5.41, 5.74) is 2.32. The number of ether oxygens (including phenoxy) is 2. The maximum Gasteiger partial charge on any atom is 0.161 e. The van der Waals surface area contributed by atoms with Crippen LogP contribution in [0.25, 0.3) is 22.2 Å². The SMILES string of the molecule is CCCOc1ccc(C=C(C#N)c2nc(-c3cccs3)cs2)cc1OCC. The lowest BCUT2D eigenvalue weighted by Crippen LogP contribution is -2.00. The van der Waals surface area contributed by atoms with E-state index < -0.39 is 0 Å². The van der Waals surface area contributed by atoms with Crippen molar-refractivity contribution in [2.24, 2.45) is 0 Å². The molecule has 2 aromatic heterocycles. The molecule has 0 bridgehead atoms. The molecule has 0 aliphatic heterocycles. The highest BCUT2D eigenvalue weighted by Gasteiger charge is 2.11. The Kier molecular flexibility index (Phi) is 6.64. The van der Waals surface area contributed by atoms with E-state index in [1.807, 2.05) is 54.1 Å². The minimum Gasteiger partial charge on any atom is -0.490 e. The summed E-state index contributed by atoms with van der Waals surface area (Å²) in [6.45, 7) is 5.20. The van der Waals surface area contributed by atoms with Crippen LogP contribution in [-0.4, -0.2) is 18.2 Å². The first-order chi connectivity index (χ1) is 13.2. The molecule has 0 saturated carbocycles. The molecule has 0 spiro atoms. The van der Waals surface area contributed by atoms with Gasteiger partial charge in [0.1, 0.15) is 11.1 Å². The van der Waals surface area contributed by atoms with E-state index in [-0.39, 0.29) is 0 Å². The van der Waals surface area contributed by atoms with Gasteiger partial charge in [0, 0.05) is 5.38 Å². The first kappa shape index (κ1) is 19.2. The van der Waals surface area contributed by atoms with Crippen molar-refractivity contribution in [2.75, 3.05) is 13.2 Å². The summed E-state index contributed by atoms with van der Waals surface area (Å²) in [6, 6.07) is 12.0. The molecule has 0 saturated heterocycles. The van der Waals surface area contributed by atoms with Crippen LogP contribution in [-0.2, 0) is 0 Å². The number of thiazole rings is 1. The summed E-state index contributed by atoms with van der Waals surface area (Å²) in [5.74, 6) is 1.42. The van der Waals surface area contributed by atoms with Gasteiger partial charge in [-0.3, -0.25) is 0 Å². The average molecular weight is 397 g/mol. The minimum atomic E-state index is 0.535. The monoisotopic (exact) mass is 396 g/mol. The molecule has 0 N–H and O–H groups in total. The van der Waals surface area contributed by atoms with Crippen molar-refractivity contribution >= 4 is 34.3 Å². The number of nitriles is 1. The van der Waals surface area contributed by atoms with Crippen LogP contribution < -0.4 is 9.47 Å². The molecule has 0 fully saturated rings. The van der Waals surface area contributed by atoms with Gasteiger partial charge in [-0.15, -0.1) is 22.7 Å². The molecule has 0 radical (unpaired) electrons. The van der Waals surface area contributed by atoms with Gasteiger partial charge >= 0.3 is 0 Å².